The number of carboxylic acids is 1. The lowest BCUT2D eigenvalue weighted by atomic mass is 9.98. The number of aromatic amines is 1. The van der Waals surface area contributed by atoms with E-state index in [-0.39, 0.29) is 11.1 Å². The minimum absolute atomic E-state index is 0.0686. The Balaban J connectivity index is 1.74. The van der Waals surface area contributed by atoms with Gasteiger partial charge in [0.1, 0.15) is 5.65 Å². The Labute approximate surface area is 160 Å². The summed E-state index contributed by atoms with van der Waals surface area (Å²) in [5, 5.41) is 22.0. The van der Waals surface area contributed by atoms with Gasteiger partial charge in [-0.25, -0.2) is 4.79 Å². The van der Waals surface area contributed by atoms with Crippen molar-refractivity contribution in [3.63, 3.8) is 0 Å². The Morgan fingerprint density at radius 1 is 1.25 bits per heavy atom. The van der Waals surface area contributed by atoms with Crippen molar-refractivity contribution in [2.24, 2.45) is 7.05 Å². The first-order valence-corrected chi connectivity index (χ1v) is 8.99. The van der Waals surface area contributed by atoms with Crippen molar-refractivity contribution in [1.82, 2.24) is 14.8 Å². The number of hydrogen-bond acceptors (Lipinski definition) is 4. The van der Waals surface area contributed by atoms with Crippen LogP contribution >= 0.6 is 0 Å². The lowest BCUT2D eigenvalue weighted by Crippen LogP contribution is -2.18. The minimum Gasteiger partial charge on any atom is -0.478 e. The SMILES string of the molecule is Cc1cc(CCNc2ccccc2C(=O)O)c2c(c1)c(=O)n(C)c1[nH]ncc21. The number of benzene rings is 2. The topological polar surface area (TPSA) is 100 Å². The predicted molar refractivity (Wildman–Crippen MR) is 109 cm³/mol. The molecule has 28 heavy (non-hydrogen) atoms. The van der Waals surface area contributed by atoms with E-state index in [1.54, 1.807) is 42.1 Å². The van der Waals surface area contributed by atoms with E-state index < -0.39 is 5.97 Å². The molecule has 0 amide bonds. The smallest absolute Gasteiger partial charge is 0.337 e. The van der Waals surface area contributed by atoms with Crippen LogP contribution in [0.3, 0.4) is 0 Å². The molecule has 2 aromatic heterocycles. The number of rotatable bonds is 5. The maximum Gasteiger partial charge on any atom is 0.337 e. The Morgan fingerprint density at radius 3 is 2.82 bits per heavy atom. The van der Waals surface area contributed by atoms with Gasteiger partial charge in [-0.3, -0.25) is 14.5 Å². The van der Waals surface area contributed by atoms with Crippen LogP contribution in [0.15, 0.2) is 47.4 Å². The van der Waals surface area contributed by atoms with Gasteiger partial charge < -0.3 is 10.4 Å². The zero-order chi connectivity index (χ0) is 19.8. The minimum atomic E-state index is -0.965. The molecule has 0 bridgehead atoms. The van der Waals surface area contributed by atoms with Crippen molar-refractivity contribution in [3.05, 3.63) is 69.6 Å². The molecule has 2 aromatic carbocycles. The lowest BCUT2D eigenvalue weighted by Gasteiger charge is -2.13. The molecule has 0 saturated heterocycles. The second-order valence-electron chi connectivity index (χ2n) is 6.87. The molecular formula is C21H20N4O3. The highest BCUT2D eigenvalue weighted by Gasteiger charge is 2.15. The van der Waals surface area contributed by atoms with Crippen LogP contribution in [0.2, 0.25) is 0 Å². The number of carboxylic acid groups (broad SMARTS) is 1. The van der Waals surface area contributed by atoms with Crippen LogP contribution < -0.4 is 10.9 Å². The van der Waals surface area contributed by atoms with Crippen LogP contribution in [-0.2, 0) is 13.5 Å². The monoisotopic (exact) mass is 376 g/mol. The summed E-state index contributed by atoms with van der Waals surface area (Å²) in [4.78, 5) is 24.2. The number of hydrogen-bond donors (Lipinski definition) is 3. The molecule has 3 N–H and O–H groups in total. The average molecular weight is 376 g/mol. The number of aromatic carboxylic acids is 1. The van der Waals surface area contributed by atoms with E-state index in [0.29, 0.717) is 29.7 Å². The summed E-state index contributed by atoms with van der Waals surface area (Å²) in [6.07, 6.45) is 2.38. The highest BCUT2D eigenvalue weighted by Crippen LogP contribution is 2.26. The molecule has 0 aliphatic rings. The van der Waals surface area contributed by atoms with E-state index in [0.717, 1.165) is 21.9 Å². The first kappa shape index (κ1) is 17.8. The highest BCUT2D eigenvalue weighted by molar-refractivity contribution is 6.06. The number of fused-ring (bicyclic) bond motifs is 3. The number of anilines is 1. The van der Waals surface area contributed by atoms with Crippen LogP contribution in [-0.4, -0.2) is 32.4 Å². The molecule has 0 spiro atoms. The van der Waals surface area contributed by atoms with Crippen molar-refractivity contribution < 1.29 is 9.90 Å². The molecule has 0 unspecified atom stereocenters. The third-order valence-corrected chi connectivity index (χ3v) is 4.99. The van der Waals surface area contributed by atoms with Gasteiger partial charge in [0, 0.05) is 35.4 Å². The van der Waals surface area contributed by atoms with E-state index >= 15 is 0 Å². The van der Waals surface area contributed by atoms with Gasteiger partial charge in [-0.15, -0.1) is 0 Å². The van der Waals surface area contributed by atoms with E-state index in [9.17, 15) is 14.7 Å². The summed E-state index contributed by atoms with van der Waals surface area (Å²) in [7, 11) is 1.73. The number of nitrogens with one attached hydrogen (secondary N) is 2. The van der Waals surface area contributed by atoms with Crippen molar-refractivity contribution in [2.75, 3.05) is 11.9 Å². The molecule has 0 atom stereocenters. The Kier molecular flexibility index (Phi) is 4.35. The number of carbonyl (C=O) groups is 1. The second-order valence-corrected chi connectivity index (χ2v) is 6.87. The molecule has 4 aromatic rings. The molecule has 4 rings (SSSR count). The molecule has 7 heteroatoms. The van der Waals surface area contributed by atoms with Crippen molar-refractivity contribution in [2.45, 2.75) is 13.3 Å². The average Bonchev–Trinajstić information content (AvgIpc) is 3.15. The number of para-hydroxylation sites is 1. The van der Waals surface area contributed by atoms with Gasteiger partial charge in [0.2, 0.25) is 0 Å². The van der Waals surface area contributed by atoms with E-state index in [1.165, 1.54) is 0 Å². The normalized spacial score (nSPS) is 11.2. The number of nitrogens with zero attached hydrogens (tertiary/aromatic N) is 2. The summed E-state index contributed by atoms with van der Waals surface area (Å²) in [6, 6.07) is 10.8. The van der Waals surface area contributed by atoms with Gasteiger partial charge in [0.05, 0.1) is 11.8 Å². The summed E-state index contributed by atoms with van der Waals surface area (Å²) < 4.78 is 1.58. The molecular weight excluding hydrogens is 356 g/mol. The first-order valence-electron chi connectivity index (χ1n) is 8.99. The highest BCUT2D eigenvalue weighted by atomic mass is 16.4. The molecule has 0 aliphatic carbocycles. The summed E-state index contributed by atoms with van der Waals surface area (Å²) in [5.74, 6) is -0.965. The Morgan fingerprint density at radius 2 is 2.04 bits per heavy atom. The van der Waals surface area contributed by atoms with Crippen LogP contribution in [0.5, 0.6) is 0 Å². The first-order chi connectivity index (χ1) is 13.5. The Bertz CT molecular complexity index is 1270. The van der Waals surface area contributed by atoms with E-state index in [2.05, 4.69) is 21.6 Å². The third-order valence-electron chi connectivity index (χ3n) is 4.99. The van der Waals surface area contributed by atoms with Crippen molar-refractivity contribution in [3.8, 4) is 0 Å². The lowest BCUT2D eigenvalue weighted by molar-refractivity contribution is 0.0698. The fourth-order valence-electron chi connectivity index (χ4n) is 3.70. The zero-order valence-electron chi connectivity index (χ0n) is 15.6. The van der Waals surface area contributed by atoms with Crippen LogP contribution in [0.1, 0.15) is 21.5 Å². The largest absolute Gasteiger partial charge is 0.478 e. The summed E-state index contributed by atoms with van der Waals surface area (Å²) >= 11 is 0. The molecule has 142 valence electrons. The molecule has 2 heterocycles. The number of aromatic nitrogens is 3. The molecule has 0 aliphatic heterocycles. The Hall–Kier alpha value is -3.61. The van der Waals surface area contributed by atoms with Crippen LogP contribution in [0, 0.1) is 6.92 Å². The molecule has 0 radical (unpaired) electrons. The number of H-pyrrole nitrogens is 1. The van der Waals surface area contributed by atoms with Gasteiger partial charge in [-0.1, -0.05) is 23.8 Å². The predicted octanol–water partition coefficient (Wildman–Crippen LogP) is 3.08. The van der Waals surface area contributed by atoms with Gasteiger partial charge in [0.25, 0.3) is 5.56 Å². The number of pyridine rings is 1. The fraction of sp³-hybridized carbons (Fsp3) is 0.190. The quantitative estimate of drug-likeness (QED) is 0.497. The van der Waals surface area contributed by atoms with Crippen molar-refractivity contribution in [1.29, 1.82) is 0 Å². The summed E-state index contributed by atoms with van der Waals surface area (Å²) in [5.41, 5.74) is 3.47. The third kappa shape index (κ3) is 2.90. The van der Waals surface area contributed by atoms with Gasteiger partial charge in [-0.05, 0) is 37.1 Å². The van der Waals surface area contributed by atoms with Crippen LogP contribution in [0.4, 0.5) is 5.69 Å². The molecule has 0 saturated carbocycles. The molecule has 7 nitrogen and oxygen atoms in total. The number of aryl methyl sites for hydroxylation is 2. The zero-order valence-corrected chi connectivity index (χ0v) is 15.6. The van der Waals surface area contributed by atoms with E-state index in [1.807, 2.05) is 13.0 Å². The molecule has 0 fully saturated rings. The maximum atomic E-state index is 12.8. The fourth-order valence-corrected chi connectivity index (χ4v) is 3.70. The second kappa shape index (κ2) is 6.84. The maximum absolute atomic E-state index is 12.8. The summed E-state index contributed by atoms with van der Waals surface area (Å²) in [6.45, 7) is 2.51. The van der Waals surface area contributed by atoms with Crippen molar-refractivity contribution >= 4 is 33.5 Å². The standard InChI is InChI=1S/C21H20N4O3/c1-12-9-13(7-8-22-17-6-4-3-5-14(17)21(27)28)18-15(10-12)20(26)25(2)19-16(18)11-23-24-19/h3-6,9-11,22H,7-8H2,1-2H3,(H,23,24)(H,27,28). The van der Waals surface area contributed by atoms with Gasteiger partial charge in [-0.2, -0.15) is 5.10 Å². The van der Waals surface area contributed by atoms with Crippen LogP contribution in [0.25, 0.3) is 21.8 Å². The van der Waals surface area contributed by atoms with Gasteiger partial charge in [0.15, 0.2) is 0 Å². The van der Waals surface area contributed by atoms with E-state index in [4.69, 9.17) is 0 Å². The van der Waals surface area contributed by atoms with Gasteiger partial charge >= 0.3 is 5.97 Å².